The molecule has 3 atom stereocenters. The summed E-state index contributed by atoms with van der Waals surface area (Å²) in [6.07, 6.45) is -4.47. The summed E-state index contributed by atoms with van der Waals surface area (Å²) in [6.45, 7) is 0.606. The Morgan fingerprint density at radius 1 is 1.33 bits per heavy atom. The molecule has 3 unspecified atom stereocenters. The molecule has 0 saturated heterocycles. The van der Waals surface area contributed by atoms with Crippen LogP contribution in [0.15, 0.2) is 5.16 Å². The lowest BCUT2D eigenvalue weighted by Gasteiger charge is -2.20. The van der Waals surface area contributed by atoms with Crippen molar-refractivity contribution in [1.82, 2.24) is 0 Å². The second-order valence-electron chi connectivity index (χ2n) is 2.43. The Balaban J connectivity index is 4.18. The van der Waals surface area contributed by atoms with Crippen molar-refractivity contribution in [1.29, 1.82) is 0 Å². The largest absolute Gasteiger partial charge is 0.411 e. The van der Waals surface area contributed by atoms with Crippen LogP contribution in [0.1, 0.15) is 6.92 Å². The summed E-state index contributed by atoms with van der Waals surface area (Å²) >= 11 is 0. The van der Waals surface area contributed by atoms with Crippen LogP contribution in [0.25, 0.3) is 0 Å². The van der Waals surface area contributed by atoms with Gasteiger partial charge in [0.25, 0.3) is 0 Å². The molecule has 72 valence electrons. The van der Waals surface area contributed by atoms with Gasteiger partial charge in [-0.15, -0.1) is 0 Å². The van der Waals surface area contributed by atoms with Crippen molar-refractivity contribution in [2.24, 2.45) is 5.16 Å². The van der Waals surface area contributed by atoms with Gasteiger partial charge in [-0.1, -0.05) is 5.16 Å². The van der Waals surface area contributed by atoms with Gasteiger partial charge in [0.1, 0.15) is 18.3 Å². The maximum Gasteiger partial charge on any atom is 0.123 e. The Kier molecular flexibility index (Phi) is 4.75. The first-order valence-corrected chi connectivity index (χ1v) is 3.38. The molecule has 0 fully saturated rings. The second kappa shape index (κ2) is 5.04. The van der Waals surface area contributed by atoms with Gasteiger partial charge < -0.3 is 25.6 Å². The van der Waals surface area contributed by atoms with Gasteiger partial charge in [-0.2, -0.15) is 0 Å². The van der Waals surface area contributed by atoms with E-state index in [9.17, 15) is 0 Å². The van der Waals surface area contributed by atoms with Crippen LogP contribution in [0.5, 0.6) is 0 Å². The summed E-state index contributed by atoms with van der Waals surface area (Å²) in [5.74, 6) is 0. The van der Waals surface area contributed by atoms with Crippen LogP contribution in [0.2, 0.25) is 0 Å². The van der Waals surface area contributed by atoms with Gasteiger partial charge in [-0.25, -0.2) is 0 Å². The van der Waals surface area contributed by atoms with Crippen molar-refractivity contribution >= 4 is 5.71 Å². The molecular formula is C6H13NO5. The number of aliphatic hydroxyl groups is 4. The fourth-order valence-electron chi connectivity index (χ4n) is 0.625. The van der Waals surface area contributed by atoms with Crippen molar-refractivity contribution in [3.8, 4) is 0 Å². The lowest BCUT2D eigenvalue weighted by atomic mass is 10.1. The second-order valence-corrected chi connectivity index (χ2v) is 2.43. The number of rotatable bonds is 4. The number of aliphatic hydroxyl groups excluding tert-OH is 4. The van der Waals surface area contributed by atoms with Gasteiger partial charge in [0.05, 0.1) is 12.3 Å². The van der Waals surface area contributed by atoms with Crippen LogP contribution in [0.4, 0.5) is 0 Å². The molecule has 12 heavy (non-hydrogen) atoms. The SMILES string of the molecule is CC(=NO)C(O)C(O)C(O)CO. The monoisotopic (exact) mass is 179 g/mol. The summed E-state index contributed by atoms with van der Waals surface area (Å²) in [5, 5.41) is 46.2. The van der Waals surface area contributed by atoms with Gasteiger partial charge in [0, 0.05) is 0 Å². The molecule has 0 heterocycles. The van der Waals surface area contributed by atoms with E-state index >= 15 is 0 Å². The summed E-state index contributed by atoms with van der Waals surface area (Å²) in [7, 11) is 0. The lowest BCUT2D eigenvalue weighted by molar-refractivity contribution is -0.0561. The lowest BCUT2D eigenvalue weighted by Crippen LogP contribution is -2.43. The maximum atomic E-state index is 9.08. The molecule has 0 aliphatic heterocycles. The van der Waals surface area contributed by atoms with E-state index in [0.717, 1.165) is 0 Å². The average molecular weight is 179 g/mol. The molecule has 0 aromatic heterocycles. The maximum absolute atomic E-state index is 9.08. The summed E-state index contributed by atoms with van der Waals surface area (Å²) < 4.78 is 0. The highest BCUT2D eigenvalue weighted by Crippen LogP contribution is 2.01. The molecule has 0 aliphatic carbocycles. The predicted molar refractivity (Wildman–Crippen MR) is 40.0 cm³/mol. The molecular weight excluding hydrogens is 166 g/mol. The molecule has 0 spiro atoms. The summed E-state index contributed by atoms with van der Waals surface area (Å²) in [6, 6.07) is 0. The Hall–Kier alpha value is -0.690. The van der Waals surface area contributed by atoms with E-state index in [2.05, 4.69) is 5.16 Å². The smallest absolute Gasteiger partial charge is 0.123 e. The third kappa shape index (κ3) is 2.74. The molecule has 0 rings (SSSR count). The standard InChI is InChI=1S/C6H13NO5/c1-3(7-12)5(10)6(11)4(9)2-8/h4-6,8-12H,2H2,1H3. The number of hydrogen-bond acceptors (Lipinski definition) is 6. The van der Waals surface area contributed by atoms with Crippen molar-refractivity contribution in [2.45, 2.75) is 25.2 Å². The van der Waals surface area contributed by atoms with Crippen molar-refractivity contribution in [3.05, 3.63) is 0 Å². The molecule has 0 amide bonds. The first kappa shape index (κ1) is 11.3. The molecule has 0 aliphatic rings. The van der Waals surface area contributed by atoms with Gasteiger partial charge in [0.2, 0.25) is 0 Å². The Bertz CT molecular complexity index is 160. The van der Waals surface area contributed by atoms with Crippen molar-refractivity contribution in [2.75, 3.05) is 6.61 Å². The molecule has 5 N–H and O–H groups in total. The minimum atomic E-state index is -1.55. The number of hydrogen-bond donors (Lipinski definition) is 5. The van der Waals surface area contributed by atoms with E-state index in [1.807, 2.05) is 0 Å². The summed E-state index contributed by atoms with van der Waals surface area (Å²) in [5.41, 5.74) is -0.130. The Labute approximate surface area is 69.4 Å². The molecule has 6 nitrogen and oxygen atoms in total. The first-order chi connectivity index (χ1) is 5.54. The molecule has 0 aromatic carbocycles. The Morgan fingerprint density at radius 2 is 1.83 bits per heavy atom. The van der Waals surface area contributed by atoms with Gasteiger partial charge in [-0.05, 0) is 6.92 Å². The predicted octanol–water partition coefficient (Wildman–Crippen LogP) is -2.09. The van der Waals surface area contributed by atoms with Crippen LogP contribution in [-0.4, -0.2) is 56.3 Å². The normalized spacial score (nSPS) is 20.2. The molecule has 0 saturated carbocycles. The van der Waals surface area contributed by atoms with E-state index in [0.29, 0.717) is 0 Å². The number of oxime groups is 1. The minimum absolute atomic E-state index is 0.130. The Morgan fingerprint density at radius 3 is 2.17 bits per heavy atom. The molecule has 6 heteroatoms. The quantitative estimate of drug-likeness (QED) is 0.193. The van der Waals surface area contributed by atoms with Gasteiger partial charge in [-0.3, -0.25) is 0 Å². The van der Waals surface area contributed by atoms with Crippen molar-refractivity contribution < 1.29 is 25.6 Å². The fraction of sp³-hybridized carbons (Fsp3) is 0.833. The van der Waals surface area contributed by atoms with Crippen molar-refractivity contribution in [3.63, 3.8) is 0 Å². The highest BCUT2D eigenvalue weighted by molar-refractivity contribution is 5.86. The average Bonchev–Trinajstić information content (AvgIpc) is 2.12. The minimum Gasteiger partial charge on any atom is -0.411 e. The topological polar surface area (TPSA) is 114 Å². The van der Waals surface area contributed by atoms with E-state index in [-0.39, 0.29) is 5.71 Å². The van der Waals surface area contributed by atoms with E-state index in [1.165, 1.54) is 6.92 Å². The third-order valence-electron chi connectivity index (χ3n) is 1.49. The van der Waals surface area contributed by atoms with Gasteiger partial charge in [0.15, 0.2) is 0 Å². The molecule has 0 radical (unpaired) electrons. The van der Waals surface area contributed by atoms with Gasteiger partial charge >= 0.3 is 0 Å². The zero-order valence-electron chi connectivity index (χ0n) is 6.62. The van der Waals surface area contributed by atoms with Crippen LogP contribution in [-0.2, 0) is 0 Å². The zero-order chi connectivity index (χ0) is 9.72. The van der Waals surface area contributed by atoms with Crippen LogP contribution >= 0.6 is 0 Å². The zero-order valence-corrected chi connectivity index (χ0v) is 6.62. The number of nitrogens with zero attached hydrogens (tertiary/aromatic N) is 1. The summed E-state index contributed by atoms with van der Waals surface area (Å²) in [4.78, 5) is 0. The van der Waals surface area contributed by atoms with E-state index in [1.54, 1.807) is 0 Å². The molecule has 0 bridgehead atoms. The molecule has 0 aromatic rings. The first-order valence-electron chi connectivity index (χ1n) is 3.38. The third-order valence-corrected chi connectivity index (χ3v) is 1.49. The van der Waals surface area contributed by atoms with Crippen LogP contribution in [0.3, 0.4) is 0 Å². The fourth-order valence-corrected chi connectivity index (χ4v) is 0.625. The van der Waals surface area contributed by atoms with E-state index in [4.69, 9.17) is 25.6 Å². The van der Waals surface area contributed by atoms with Crippen LogP contribution < -0.4 is 0 Å². The highest BCUT2D eigenvalue weighted by atomic mass is 16.4. The highest BCUT2D eigenvalue weighted by Gasteiger charge is 2.26. The van der Waals surface area contributed by atoms with Crippen LogP contribution in [0, 0.1) is 0 Å². The van der Waals surface area contributed by atoms with E-state index < -0.39 is 24.9 Å².